The van der Waals surface area contributed by atoms with Crippen LogP contribution in [0.25, 0.3) is 0 Å². The van der Waals surface area contributed by atoms with E-state index in [0.717, 1.165) is 21.3 Å². The lowest BCUT2D eigenvalue weighted by molar-refractivity contribution is 0.127. The molecule has 20 heavy (non-hydrogen) atoms. The molecule has 0 aliphatic heterocycles. The van der Waals surface area contributed by atoms with E-state index in [4.69, 9.17) is 4.74 Å². The summed E-state index contributed by atoms with van der Waals surface area (Å²) in [6.07, 6.45) is 3.56. The minimum Gasteiger partial charge on any atom is -0.496 e. The first-order valence-electron chi connectivity index (χ1n) is 6.67. The van der Waals surface area contributed by atoms with Crippen LogP contribution in [0.15, 0.2) is 41.1 Å². The van der Waals surface area contributed by atoms with Crippen molar-refractivity contribution >= 4 is 15.9 Å². The molecule has 1 aromatic heterocycles. The van der Waals surface area contributed by atoms with Gasteiger partial charge in [0.25, 0.3) is 0 Å². The number of ether oxygens (including phenoxy) is 1. The second-order valence-electron chi connectivity index (χ2n) is 5.26. The molecule has 0 aliphatic carbocycles. The fourth-order valence-electron chi connectivity index (χ4n) is 2.18. The zero-order valence-corrected chi connectivity index (χ0v) is 13.6. The van der Waals surface area contributed by atoms with Crippen molar-refractivity contribution in [2.24, 2.45) is 5.92 Å². The molecule has 0 saturated carbocycles. The maximum atomic E-state index is 10.1. The van der Waals surface area contributed by atoms with Crippen LogP contribution < -0.4 is 4.74 Å². The Morgan fingerprint density at radius 2 is 2.05 bits per heavy atom. The first-order valence-corrected chi connectivity index (χ1v) is 7.46. The van der Waals surface area contributed by atoms with Gasteiger partial charge in [0.2, 0.25) is 0 Å². The Hall–Kier alpha value is -1.26. The molecule has 1 unspecified atom stereocenters. The number of methoxy groups -OCH3 is 1. The Labute approximate surface area is 128 Å². The minimum atomic E-state index is -0.416. The lowest BCUT2D eigenvalue weighted by Crippen LogP contribution is -2.04. The van der Waals surface area contributed by atoms with Gasteiger partial charge in [0.1, 0.15) is 5.75 Å². The van der Waals surface area contributed by atoms with Crippen LogP contribution in [-0.4, -0.2) is 16.8 Å². The summed E-state index contributed by atoms with van der Waals surface area (Å²) in [5, 5.41) is 10.1. The van der Waals surface area contributed by atoms with Gasteiger partial charge in [-0.1, -0.05) is 29.8 Å². The van der Waals surface area contributed by atoms with Crippen LogP contribution in [0.5, 0.6) is 5.75 Å². The average molecular weight is 338 g/mol. The van der Waals surface area contributed by atoms with Crippen molar-refractivity contribution in [1.82, 2.24) is 4.57 Å². The maximum Gasteiger partial charge on any atom is 0.123 e. The number of aliphatic hydroxyl groups excluding tert-OH is 1. The molecule has 0 spiro atoms. The van der Waals surface area contributed by atoms with Gasteiger partial charge in [0, 0.05) is 22.4 Å². The first-order chi connectivity index (χ1) is 9.51. The van der Waals surface area contributed by atoms with E-state index < -0.39 is 6.10 Å². The standard InChI is InChI=1S/C16H20BrNO2/c1-11(2)16(19)12-6-7-18(9-12)10-13-8-14(17)4-5-15(13)20-3/h4-9,11,16,19H,10H2,1-3H3. The van der Waals surface area contributed by atoms with E-state index in [0.29, 0.717) is 6.54 Å². The molecule has 1 aromatic carbocycles. The van der Waals surface area contributed by atoms with Crippen LogP contribution in [0.3, 0.4) is 0 Å². The Kier molecular flexibility index (Phi) is 4.89. The molecule has 3 nitrogen and oxygen atoms in total. The quantitative estimate of drug-likeness (QED) is 0.894. The van der Waals surface area contributed by atoms with Crippen LogP contribution in [0.2, 0.25) is 0 Å². The number of hydrogen-bond donors (Lipinski definition) is 1. The van der Waals surface area contributed by atoms with E-state index in [-0.39, 0.29) is 5.92 Å². The molecular weight excluding hydrogens is 318 g/mol. The minimum absolute atomic E-state index is 0.214. The van der Waals surface area contributed by atoms with Gasteiger partial charge in [-0.2, -0.15) is 0 Å². The van der Waals surface area contributed by atoms with Gasteiger partial charge in [-0.05, 0) is 35.7 Å². The molecule has 2 rings (SSSR count). The van der Waals surface area contributed by atoms with Gasteiger partial charge in [-0.25, -0.2) is 0 Å². The van der Waals surface area contributed by atoms with Crippen LogP contribution in [-0.2, 0) is 6.54 Å². The third-order valence-corrected chi connectivity index (χ3v) is 3.83. The van der Waals surface area contributed by atoms with E-state index in [2.05, 4.69) is 26.6 Å². The number of halogens is 1. The van der Waals surface area contributed by atoms with Gasteiger partial charge in [0.15, 0.2) is 0 Å². The van der Waals surface area contributed by atoms with Crippen LogP contribution in [0, 0.1) is 5.92 Å². The Morgan fingerprint density at radius 1 is 1.30 bits per heavy atom. The van der Waals surface area contributed by atoms with Crippen molar-refractivity contribution in [2.45, 2.75) is 26.5 Å². The Morgan fingerprint density at radius 3 is 2.70 bits per heavy atom. The summed E-state index contributed by atoms with van der Waals surface area (Å²) in [5.74, 6) is 1.08. The number of benzene rings is 1. The molecule has 0 radical (unpaired) electrons. The molecule has 1 N–H and O–H groups in total. The number of aliphatic hydroxyl groups is 1. The third-order valence-electron chi connectivity index (χ3n) is 3.34. The number of rotatable bonds is 5. The number of hydrogen-bond acceptors (Lipinski definition) is 2. The summed E-state index contributed by atoms with van der Waals surface area (Å²) in [6.45, 7) is 4.74. The highest BCUT2D eigenvalue weighted by molar-refractivity contribution is 9.10. The van der Waals surface area contributed by atoms with E-state index in [1.54, 1.807) is 7.11 Å². The molecule has 4 heteroatoms. The molecular formula is C16H20BrNO2. The zero-order valence-electron chi connectivity index (χ0n) is 12.0. The second-order valence-corrected chi connectivity index (χ2v) is 6.18. The predicted molar refractivity (Wildman–Crippen MR) is 84.0 cm³/mol. The van der Waals surface area contributed by atoms with Crippen LogP contribution >= 0.6 is 15.9 Å². The summed E-state index contributed by atoms with van der Waals surface area (Å²) < 4.78 is 8.47. The lowest BCUT2D eigenvalue weighted by atomic mass is 10.0. The van der Waals surface area contributed by atoms with Crippen molar-refractivity contribution in [1.29, 1.82) is 0 Å². The fraction of sp³-hybridized carbons (Fsp3) is 0.375. The summed E-state index contributed by atoms with van der Waals surface area (Å²) in [4.78, 5) is 0. The van der Waals surface area contributed by atoms with Crippen molar-refractivity contribution in [3.05, 3.63) is 52.3 Å². The first kappa shape index (κ1) is 15.1. The van der Waals surface area contributed by atoms with Crippen molar-refractivity contribution in [3.8, 4) is 5.75 Å². The lowest BCUT2D eigenvalue weighted by Gasteiger charge is -2.13. The maximum absolute atomic E-state index is 10.1. The highest BCUT2D eigenvalue weighted by Crippen LogP contribution is 2.25. The van der Waals surface area contributed by atoms with E-state index in [1.165, 1.54) is 0 Å². The second kappa shape index (κ2) is 6.46. The van der Waals surface area contributed by atoms with E-state index in [9.17, 15) is 5.11 Å². The Balaban J connectivity index is 2.20. The van der Waals surface area contributed by atoms with Gasteiger partial charge in [-0.15, -0.1) is 0 Å². The summed E-state index contributed by atoms with van der Waals surface area (Å²) in [5.41, 5.74) is 2.05. The topological polar surface area (TPSA) is 34.4 Å². The smallest absolute Gasteiger partial charge is 0.123 e. The molecule has 0 fully saturated rings. The summed E-state index contributed by atoms with van der Waals surface area (Å²) in [6, 6.07) is 7.94. The highest BCUT2D eigenvalue weighted by Gasteiger charge is 2.13. The van der Waals surface area contributed by atoms with Crippen molar-refractivity contribution in [3.63, 3.8) is 0 Å². The predicted octanol–water partition coefficient (Wildman–Crippen LogP) is 4.00. The van der Waals surface area contributed by atoms with E-state index in [1.807, 2.05) is 44.4 Å². The molecule has 2 aromatic rings. The number of nitrogens with zero attached hydrogens (tertiary/aromatic N) is 1. The van der Waals surface area contributed by atoms with Gasteiger partial charge in [-0.3, -0.25) is 0 Å². The molecule has 0 aliphatic rings. The van der Waals surface area contributed by atoms with Crippen LogP contribution in [0.4, 0.5) is 0 Å². The zero-order chi connectivity index (χ0) is 14.7. The van der Waals surface area contributed by atoms with Crippen LogP contribution in [0.1, 0.15) is 31.1 Å². The molecule has 108 valence electrons. The molecule has 0 bridgehead atoms. The molecule has 0 amide bonds. The normalized spacial score (nSPS) is 12.7. The SMILES string of the molecule is COc1ccc(Br)cc1Cn1ccc(C(O)C(C)C)c1. The average Bonchev–Trinajstić information content (AvgIpc) is 2.86. The number of aromatic nitrogens is 1. The third kappa shape index (κ3) is 3.44. The van der Waals surface area contributed by atoms with Gasteiger partial charge in [0.05, 0.1) is 19.8 Å². The van der Waals surface area contributed by atoms with Gasteiger partial charge < -0.3 is 14.4 Å². The summed E-state index contributed by atoms with van der Waals surface area (Å²) >= 11 is 3.48. The molecule has 1 heterocycles. The monoisotopic (exact) mass is 337 g/mol. The molecule has 0 saturated heterocycles. The Bertz CT molecular complexity index is 578. The summed E-state index contributed by atoms with van der Waals surface area (Å²) in [7, 11) is 1.68. The van der Waals surface area contributed by atoms with Gasteiger partial charge >= 0.3 is 0 Å². The van der Waals surface area contributed by atoms with E-state index >= 15 is 0 Å². The fourth-order valence-corrected chi connectivity index (χ4v) is 2.59. The van der Waals surface area contributed by atoms with Crippen molar-refractivity contribution < 1.29 is 9.84 Å². The largest absolute Gasteiger partial charge is 0.496 e. The molecule has 1 atom stereocenters. The van der Waals surface area contributed by atoms with Crippen molar-refractivity contribution in [2.75, 3.05) is 7.11 Å². The highest BCUT2D eigenvalue weighted by atomic mass is 79.9.